The first kappa shape index (κ1) is 20.2. The molecule has 1 aliphatic rings. The minimum absolute atomic E-state index is 0.177. The average Bonchev–Trinajstić information content (AvgIpc) is 3.17. The molecule has 1 saturated heterocycles. The van der Waals surface area contributed by atoms with Gasteiger partial charge in [-0.05, 0) is 36.1 Å². The quantitative estimate of drug-likeness (QED) is 0.722. The van der Waals surface area contributed by atoms with E-state index < -0.39 is 0 Å². The normalized spacial score (nSPS) is 16.2. The van der Waals surface area contributed by atoms with Crippen molar-refractivity contribution in [2.24, 2.45) is 5.92 Å². The second-order valence-corrected chi connectivity index (χ2v) is 8.17. The van der Waals surface area contributed by atoms with Crippen LogP contribution in [-0.4, -0.2) is 36.5 Å². The smallest absolute Gasteiger partial charge is 0.227 e. The number of halogens is 1. The first-order valence-corrected chi connectivity index (χ1v) is 10.1. The fourth-order valence-electron chi connectivity index (χ4n) is 3.74. The van der Waals surface area contributed by atoms with Gasteiger partial charge < -0.3 is 9.80 Å². The van der Waals surface area contributed by atoms with Crippen molar-refractivity contribution in [1.82, 2.24) is 4.90 Å². The van der Waals surface area contributed by atoms with Crippen LogP contribution in [0, 0.1) is 17.2 Å². The summed E-state index contributed by atoms with van der Waals surface area (Å²) >= 11 is 6.27. The van der Waals surface area contributed by atoms with Gasteiger partial charge in [-0.3, -0.25) is 4.79 Å². The third-order valence-corrected chi connectivity index (χ3v) is 5.43. The fourth-order valence-corrected chi connectivity index (χ4v) is 3.95. The number of benzene rings is 2. The Kier molecular flexibility index (Phi) is 6.59. The molecule has 0 aromatic heterocycles. The van der Waals surface area contributed by atoms with Gasteiger partial charge in [0.05, 0.1) is 17.0 Å². The molecule has 1 fully saturated rings. The van der Waals surface area contributed by atoms with Crippen LogP contribution in [0.4, 0.5) is 5.69 Å². The number of amides is 1. The molecule has 1 aliphatic heterocycles. The molecule has 146 valence electrons. The van der Waals surface area contributed by atoms with E-state index in [9.17, 15) is 4.79 Å². The van der Waals surface area contributed by atoms with Gasteiger partial charge in [-0.1, -0.05) is 55.8 Å². The van der Waals surface area contributed by atoms with Crippen molar-refractivity contribution in [3.05, 3.63) is 64.7 Å². The molecule has 1 heterocycles. The Labute approximate surface area is 172 Å². The maximum atomic E-state index is 12.7. The molecule has 2 aromatic carbocycles. The number of hydrogen-bond donors (Lipinski definition) is 0. The van der Waals surface area contributed by atoms with Crippen LogP contribution >= 0.6 is 11.6 Å². The molecule has 4 nitrogen and oxygen atoms in total. The largest absolute Gasteiger partial charge is 0.366 e. The number of anilines is 1. The Morgan fingerprint density at radius 1 is 1.29 bits per heavy atom. The lowest BCUT2D eigenvalue weighted by Gasteiger charge is -2.33. The highest BCUT2D eigenvalue weighted by molar-refractivity contribution is 6.32. The summed E-state index contributed by atoms with van der Waals surface area (Å²) in [5, 5.41) is 9.61. The van der Waals surface area contributed by atoms with Crippen LogP contribution in [0.2, 0.25) is 5.02 Å². The van der Waals surface area contributed by atoms with Gasteiger partial charge >= 0.3 is 0 Å². The Hall–Kier alpha value is -2.51. The number of carbonyl (C=O) groups is 1. The summed E-state index contributed by atoms with van der Waals surface area (Å²) in [4.78, 5) is 17.0. The number of likely N-dealkylation sites (tertiary alicyclic amines) is 1. The molecular weight excluding hydrogens is 370 g/mol. The molecule has 0 saturated carbocycles. The molecule has 28 heavy (non-hydrogen) atoms. The van der Waals surface area contributed by atoms with E-state index in [2.05, 4.69) is 24.8 Å². The summed E-state index contributed by atoms with van der Waals surface area (Å²) in [6.45, 7) is 6.75. The van der Waals surface area contributed by atoms with Gasteiger partial charge in [0.1, 0.15) is 6.07 Å². The minimum atomic E-state index is 0.177. The maximum Gasteiger partial charge on any atom is 0.227 e. The fraction of sp³-hybridized carbons (Fsp3) is 0.391. The van der Waals surface area contributed by atoms with Gasteiger partial charge in [-0.25, -0.2) is 0 Å². The van der Waals surface area contributed by atoms with Crippen molar-refractivity contribution < 1.29 is 4.79 Å². The van der Waals surface area contributed by atoms with E-state index in [1.165, 1.54) is 0 Å². The average molecular weight is 396 g/mol. The molecule has 1 atom stereocenters. The van der Waals surface area contributed by atoms with Gasteiger partial charge in [0.25, 0.3) is 0 Å². The topological polar surface area (TPSA) is 47.3 Å². The number of carbonyl (C=O) groups excluding carboxylic acids is 1. The highest BCUT2D eigenvalue weighted by Crippen LogP contribution is 2.28. The third kappa shape index (κ3) is 4.85. The van der Waals surface area contributed by atoms with Crippen molar-refractivity contribution in [1.29, 1.82) is 5.26 Å². The zero-order chi connectivity index (χ0) is 20.1. The van der Waals surface area contributed by atoms with Gasteiger partial charge in [0.2, 0.25) is 5.91 Å². The molecule has 0 N–H and O–H groups in total. The standard InChI is InChI=1S/C23H26ClN3O/c1-17(2)15-27(20-9-8-19(14-25)22(24)13-20)21-10-11-26(16-21)23(28)12-18-6-4-3-5-7-18/h3-9,13,17,21H,10-12,15-16H2,1-2H3. The minimum Gasteiger partial charge on any atom is -0.366 e. The summed E-state index contributed by atoms with van der Waals surface area (Å²) in [5.41, 5.74) is 2.55. The van der Waals surface area contributed by atoms with Crippen molar-refractivity contribution in [3.63, 3.8) is 0 Å². The van der Waals surface area contributed by atoms with Crippen LogP contribution in [0.1, 0.15) is 31.4 Å². The molecule has 5 heteroatoms. The maximum absolute atomic E-state index is 12.7. The zero-order valence-corrected chi connectivity index (χ0v) is 17.2. The van der Waals surface area contributed by atoms with E-state index in [-0.39, 0.29) is 11.9 Å². The van der Waals surface area contributed by atoms with E-state index in [4.69, 9.17) is 16.9 Å². The number of hydrogen-bond acceptors (Lipinski definition) is 3. The molecule has 0 radical (unpaired) electrons. The summed E-state index contributed by atoms with van der Waals surface area (Å²) in [5.74, 6) is 0.652. The summed E-state index contributed by atoms with van der Waals surface area (Å²) in [7, 11) is 0. The van der Waals surface area contributed by atoms with E-state index in [1.54, 1.807) is 6.07 Å². The number of nitriles is 1. The van der Waals surface area contributed by atoms with E-state index in [1.807, 2.05) is 47.4 Å². The van der Waals surface area contributed by atoms with Crippen molar-refractivity contribution >= 4 is 23.2 Å². The molecule has 1 unspecified atom stereocenters. The van der Waals surface area contributed by atoms with Crippen molar-refractivity contribution in [3.8, 4) is 6.07 Å². The van der Waals surface area contributed by atoms with E-state index >= 15 is 0 Å². The van der Waals surface area contributed by atoms with Crippen LogP contribution in [0.5, 0.6) is 0 Å². The Morgan fingerprint density at radius 3 is 2.68 bits per heavy atom. The highest BCUT2D eigenvalue weighted by Gasteiger charge is 2.31. The van der Waals surface area contributed by atoms with Crippen LogP contribution in [-0.2, 0) is 11.2 Å². The van der Waals surface area contributed by atoms with Crippen LogP contribution in [0.15, 0.2) is 48.5 Å². The Morgan fingerprint density at radius 2 is 2.04 bits per heavy atom. The summed E-state index contributed by atoms with van der Waals surface area (Å²) < 4.78 is 0. The second kappa shape index (κ2) is 9.12. The molecule has 1 amide bonds. The van der Waals surface area contributed by atoms with Gasteiger partial charge in [-0.15, -0.1) is 0 Å². The molecule has 2 aromatic rings. The Balaban J connectivity index is 1.73. The van der Waals surface area contributed by atoms with Gasteiger partial charge in [0, 0.05) is 31.4 Å². The third-order valence-electron chi connectivity index (χ3n) is 5.12. The summed E-state index contributed by atoms with van der Waals surface area (Å²) in [6, 6.07) is 17.9. The summed E-state index contributed by atoms with van der Waals surface area (Å²) in [6.07, 6.45) is 1.38. The Bertz CT molecular complexity index is 860. The van der Waals surface area contributed by atoms with Crippen LogP contribution in [0.3, 0.4) is 0 Å². The highest BCUT2D eigenvalue weighted by atomic mass is 35.5. The van der Waals surface area contributed by atoms with Crippen molar-refractivity contribution in [2.75, 3.05) is 24.5 Å². The predicted molar refractivity (Wildman–Crippen MR) is 113 cm³/mol. The van der Waals surface area contributed by atoms with Gasteiger partial charge in [0.15, 0.2) is 0 Å². The number of rotatable bonds is 6. The van der Waals surface area contributed by atoms with E-state index in [0.29, 0.717) is 22.9 Å². The molecule has 0 bridgehead atoms. The number of nitrogens with zero attached hydrogens (tertiary/aromatic N) is 3. The predicted octanol–water partition coefficient (Wildman–Crippen LogP) is 4.52. The zero-order valence-electron chi connectivity index (χ0n) is 16.4. The van der Waals surface area contributed by atoms with Gasteiger partial charge in [-0.2, -0.15) is 5.26 Å². The molecular formula is C23H26ClN3O. The second-order valence-electron chi connectivity index (χ2n) is 7.77. The van der Waals surface area contributed by atoms with E-state index in [0.717, 1.165) is 37.3 Å². The first-order chi connectivity index (χ1) is 13.5. The lowest BCUT2D eigenvalue weighted by atomic mass is 10.1. The monoisotopic (exact) mass is 395 g/mol. The molecule has 3 rings (SSSR count). The first-order valence-electron chi connectivity index (χ1n) is 9.76. The molecule has 0 spiro atoms. The van der Waals surface area contributed by atoms with Crippen LogP contribution < -0.4 is 4.90 Å². The van der Waals surface area contributed by atoms with Crippen LogP contribution in [0.25, 0.3) is 0 Å². The molecule has 0 aliphatic carbocycles. The lowest BCUT2D eigenvalue weighted by Crippen LogP contribution is -2.41. The lowest BCUT2D eigenvalue weighted by molar-refractivity contribution is -0.129. The SMILES string of the molecule is CC(C)CN(c1ccc(C#N)c(Cl)c1)C1CCN(C(=O)Cc2ccccc2)C1. The van der Waals surface area contributed by atoms with Crippen molar-refractivity contribution in [2.45, 2.75) is 32.7 Å².